The van der Waals surface area contributed by atoms with E-state index in [1.807, 2.05) is 18.2 Å². The first kappa shape index (κ1) is 22.7. The van der Waals surface area contributed by atoms with Crippen molar-refractivity contribution >= 4 is 27.6 Å². The van der Waals surface area contributed by atoms with Gasteiger partial charge in [0, 0.05) is 28.4 Å². The molecule has 1 aromatic heterocycles. The molecule has 0 spiro atoms. The second kappa shape index (κ2) is 8.93. The van der Waals surface area contributed by atoms with Gasteiger partial charge in [-0.05, 0) is 69.3 Å². The molecule has 0 atom stereocenters. The molecule has 7 aromatic rings. The SMILES string of the molecule is O=C1Cc2ccc3c(c2-c2ccccc21)c1ccccc1n3-c1cc(-c2ccccc2)cc(-c2ccccc2)c1. The van der Waals surface area contributed by atoms with Crippen molar-refractivity contribution in [2.24, 2.45) is 0 Å². The predicted octanol–water partition coefficient (Wildman–Crippen LogP) is 9.52. The van der Waals surface area contributed by atoms with E-state index in [4.69, 9.17) is 0 Å². The molecule has 1 heterocycles. The van der Waals surface area contributed by atoms with Crippen molar-refractivity contribution in [1.82, 2.24) is 4.57 Å². The average molecular weight is 512 g/mol. The third-order valence-corrected chi connectivity index (χ3v) is 8.16. The summed E-state index contributed by atoms with van der Waals surface area (Å²) in [7, 11) is 0. The molecular weight excluding hydrogens is 486 g/mol. The minimum atomic E-state index is 0.189. The van der Waals surface area contributed by atoms with Crippen LogP contribution in [0.4, 0.5) is 0 Å². The van der Waals surface area contributed by atoms with Crippen LogP contribution in [0.25, 0.3) is 60.9 Å². The zero-order chi connectivity index (χ0) is 26.6. The van der Waals surface area contributed by atoms with Crippen LogP contribution in [0.5, 0.6) is 0 Å². The summed E-state index contributed by atoms with van der Waals surface area (Å²) < 4.78 is 2.39. The summed E-state index contributed by atoms with van der Waals surface area (Å²) in [4.78, 5) is 13.0. The van der Waals surface area contributed by atoms with E-state index in [1.54, 1.807) is 0 Å². The van der Waals surface area contributed by atoms with Gasteiger partial charge in [-0.2, -0.15) is 0 Å². The maximum absolute atomic E-state index is 13.0. The first-order valence-corrected chi connectivity index (χ1v) is 13.7. The third kappa shape index (κ3) is 3.47. The average Bonchev–Trinajstić information content (AvgIpc) is 3.36. The van der Waals surface area contributed by atoms with Crippen LogP contribution >= 0.6 is 0 Å². The first-order chi connectivity index (χ1) is 19.8. The molecule has 0 N–H and O–H groups in total. The number of aromatic nitrogens is 1. The molecule has 0 saturated heterocycles. The maximum atomic E-state index is 13.0. The summed E-state index contributed by atoms with van der Waals surface area (Å²) in [5.41, 5.74) is 12.3. The molecule has 6 aromatic carbocycles. The van der Waals surface area contributed by atoms with Crippen LogP contribution in [0.15, 0.2) is 140 Å². The smallest absolute Gasteiger partial charge is 0.167 e. The number of fused-ring (bicyclic) bond motifs is 7. The molecule has 188 valence electrons. The van der Waals surface area contributed by atoms with Gasteiger partial charge in [-0.25, -0.2) is 0 Å². The van der Waals surface area contributed by atoms with Crippen molar-refractivity contribution in [3.63, 3.8) is 0 Å². The second-order valence-corrected chi connectivity index (χ2v) is 10.5. The van der Waals surface area contributed by atoms with Crippen LogP contribution in [-0.2, 0) is 6.42 Å². The van der Waals surface area contributed by atoms with E-state index in [-0.39, 0.29) is 5.78 Å². The number of nitrogens with zero attached hydrogens (tertiary/aromatic N) is 1. The van der Waals surface area contributed by atoms with Crippen LogP contribution in [-0.4, -0.2) is 10.4 Å². The van der Waals surface area contributed by atoms with Crippen LogP contribution in [0.3, 0.4) is 0 Å². The van der Waals surface area contributed by atoms with Gasteiger partial charge in [0.05, 0.1) is 11.0 Å². The molecule has 0 aliphatic heterocycles. The Morgan fingerprint density at radius 2 is 1.10 bits per heavy atom. The Morgan fingerprint density at radius 3 is 1.80 bits per heavy atom. The standard InChI is InChI=1S/C38H25NO/c40-36-24-27-19-20-35-38(37(27)32-16-8-7-15-31(32)36)33-17-9-10-18-34(33)39(35)30-22-28(25-11-3-1-4-12-25)21-29(23-30)26-13-5-2-6-14-26/h1-23H,24H2. The van der Waals surface area contributed by atoms with Crippen molar-refractivity contribution in [3.8, 4) is 39.1 Å². The van der Waals surface area contributed by atoms with Gasteiger partial charge < -0.3 is 4.57 Å². The fourth-order valence-corrected chi connectivity index (χ4v) is 6.38. The van der Waals surface area contributed by atoms with Gasteiger partial charge in [0.15, 0.2) is 5.78 Å². The lowest BCUT2D eigenvalue weighted by molar-refractivity contribution is 0.0992. The lowest BCUT2D eigenvalue weighted by atomic mass is 9.82. The number of hydrogen-bond donors (Lipinski definition) is 0. The van der Waals surface area contributed by atoms with Gasteiger partial charge >= 0.3 is 0 Å². The fraction of sp³-hybridized carbons (Fsp3) is 0.0263. The Hall–Kier alpha value is -5.21. The second-order valence-electron chi connectivity index (χ2n) is 10.5. The minimum absolute atomic E-state index is 0.189. The van der Waals surface area contributed by atoms with Gasteiger partial charge in [-0.1, -0.05) is 109 Å². The summed E-state index contributed by atoms with van der Waals surface area (Å²) in [6.07, 6.45) is 0.434. The highest BCUT2D eigenvalue weighted by molar-refractivity contribution is 6.20. The number of Topliss-reactive ketones (excluding diaryl/α,β-unsaturated/α-hetero) is 1. The molecule has 0 radical (unpaired) electrons. The number of benzene rings is 6. The Bertz CT molecular complexity index is 2030. The van der Waals surface area contributed by atoms with Crippen LogP contribution < -0.4 is 0 Å². The molecule has 1 aliphatic carbocycles. The number of carbonyl (C=O) groups is 1. The Labute approximate surface area is 232 Å². The lowest BCUT2D eigenvalue weighted by Crippen LogP contribution is -2.12. The van der Waals surface area contributed by atoms with Crippen LogP contribution in [0.2, 0.25) is 0 Å². The monoisotopic (exact) mass is 511 g/mol. The van der Waals surface area contributed by atoms with Gasteiger partial charge in [0.25, 0.3) is 0 Å². The summed E-state index contributed by atoms with van der Waals surface area (Å²) in [5, 5.41) is 2.41. The minimum Gasteiger partial charge on any atom is -0.309 e. The third-order valence-electron chi connectivity index (χ3n) is 8.16. The fourth-order valence-electron chi connectivity index (χ4n) is 6.38. The predicted molar refractivity (Wildman–Crippen MR) is 165 cm³/mol. The molecule has 0 amide bonds. The Morgan fingerprint density at radius 1 is 0.500 bits per heavy atom. The van der Waals surface area contributed by atoms with Gasteiger partial charge in [0.2, 0.25) is 0 Å². The van der Waals surface area contributed by atoms with Crippen LogP contribution in [0.1, 0.15) is 15.9 Å². The van der Waals surface area contributed by atoms with E-state index < -0.39 is 0 Å². The molecule has 1 aliphatic rings. The molecule has 8 rings (SSSR count). The zero-order valence-corrected chi connectivity index (χ0v) is 21.8. The summed E-state index contributed by atoms with van der Waals surface area (Å²) in [6.45, 7) is 0. The number of para-hydroxylation sites is 1. The summed E-state index contributed by atoms with van der Waals surface area (Å²) in [6, 6.07) is 49.1. The van der Waals surface area contributed by atoms with Crippen molar-refractivity contribution in [2.45, 2.75) is 6.42 Å². The van der Waals surface area contributed by atoms with E-state index in [0.29, 0.717) is 6.42 Å². The van der Waals surface area contributed by atoms with Crippen molar-refractivity contribution in [3.05, 3.63) is 151 Å². The normalized spacial score (nSPS) is 12.4. The molecule has 2 heteroatoms. The number of rotatable bonds is 3. The Kier molecular flexibility index (Phi) is 5.08. The number of ketones is 1. The van der Waals surface area contributed by atoms with E-state index in [2.05, 4.69) is 126 Å². The highest BCUT2D eigenvalue weighted by Crippen LogP contribution is 2.44. The van der Waals surface area contributed by atoms with E-state index >= 15 is 0 Å². The van der Waals surface area contributed by atoms with Gasteiger partial charge in [-0.3, -0.25) is 4.79 Å². The Balaban J connectivity index is 1.47. The highest BCUT2D eigenvalue weighted by Gasteiger charge is 2.26. The number of carbonyl (C=O) groups excluding carboxylic acids is 1. The van der Waals surface area contributed by atoms with Crippen molar-refractivity contribution in [2.75, 3.05) is 0 Å². The summed E-state index contributed by atoms with van der Waals surface area (Å²) in [5.74, 6) is 0.189. The molecule has 0 bridgehead atoms. The molecular formula is C38H25NO. The van der Waals surface area contributed by atoms with Gasteiger partial charge in [-0.15, -0.1) is 0 Å². The highest BCUT2D eigenvalue weighted by atomic mass is 16.1. The van der Waals surface area contributed by atoms with Gasteiger partial charge in [0.1, 0.15) is 0 Å². The number of hydrogen-bond acceptors (Lipinski definition) is 1. The lowest BCUT2D eigenvalue weighted by Gasteiger charge is -2.20. The van der Waals surface area contributed by atoms with E-state index in [0.717, 1.165) is 33.4 Å². The van der Waals surface area contributed by atoms with E-state index in [9.17, 15) is 4.79 Å². The van der Waals surface area contributed by atoms with Crippen LogP contribution in [0, 0.1) is 0 Å². The van der Waals surface area contributed by atoms with Crippen molar-refractivity contribution in [1.29, 1.82) is 0 Å². The summed E-state index contributed by atoms with van der Waals surface area (Å²) >= 11 is 0. The maximum Gasteiger partial charge on any atom is 0.167 e. The molecule has 0 saturated carbocycles. The molecule has 0 fully saturated rings. The molecule has 2 nitrogen and oxygen atoms in total. The largest absolute Gasteiger partial charge is 0.309 e. The topological polar surface area (TPSA) is 22.0 Å². The van der Waals surface area contributed by atoms with E-state index in [1.165, 1.54) is 38.6 Å². The van der Waals surface area contributed by atoms with Crippen molar-refractivity contribution < 1.29 is 4.79 Å². The molecule has 0 unspecified atom stereocenters. The quantitative estimate of drug-likeness (QED) is 0.231. The molecule has 40 heavy (non-hydrogen) atoms. The zero-order valence-electron chi connectivity index (χ0n) is 21.8. The first-order valence-electron chi connectivity index (χ1n) is 13.7.